The fraction of sp³-hybridized carbons (Fsp3) is 0.217. The van der Waals surface area contributed by atoms with Crippen molar-refractivity contribution >= 4 is 22.6 Å². The normalized spacial score (nSPS) is 14.8. The van der Waals surface area contributed by atoms with Gasteiger partial charge in [0.05, 0.1) is 0 Å². The van der Waals surface area contributed by atoms with Gasteiger partial charge in [-0.1, -0.05) is 42.5 Å². The Balaban J connectivity index is 1.39. The van der Waals surface area contributed by atoms with E-state index in [4.69, 9.17) is 0 Å². The number of amides is 2. The summed E-state index contributed by atoms with van der Waals surface area (Å²) in [6, 6.07) is 19.3. The van der Waals surface area contributed by atoms with Crippen LogP contribution in [0.25, 0.3) is 10.8 Å². The highest BCUT2D eigenvalue weighted by molar-refractivity contribution is 6.07. The minimum Gasteiger partial charge on any atom is -0.349 e. The van der Waals surface area contributed by atoms with E-state index in [1.165, 1.54) is 12.1 Å². The lowest BCUT2D eigenvalue weighted by atomic mass is 10.0. The molecule has 0 saturated carbocycles. The van der Waals surface area contributed by atoms with Crippen LogP contribution in [0.1, 0.15) is 33.6 Å². The van der Waals surface area contributed by atoms with E-state index in [1.807, 2.05) is 42.5 Å². The molecule has 1 saturated heterocycles. The SMILES string of the molecule is O=C(NC1CCN(C(=O)c2cccc(F)c2)CC1)c1cccc2ccccc12. The molecule has 3 aromatic rings. The second kappa shape index (κ2) is 7.80. The number of benzene rings is 3. The van der Waals surface area contributed by atoms with E-state index in [0.717, 1.165) is 10.8 Å². The van der Waals surface area contributed by atoms with Gasteiger partial charge in [0.25, 0.3) is 11.8 Å². The molecule has 0 unspecified atom stereocenters. The average molecular weight is 376 g/mol. The first-order valence-electron chi connectivity index (χ1n) is 9.45. The number of carbonyl (C=O) groups excluding carboxylic acids is 2. The standard InChI is InChI=1S/C23H21FN2O2/c24-18-8-3-7-17(15-18)23(28)26-13-11-19(12-14-26)25-22(27)21-10-4-6-16-5-1-2-9-20(16)21/h1-10,15,19H,11-14H2,(H,25,27). The summed E-state index contributed by atoms with van der Waals surface area (Å²) < 4.78 is 13.4. The molecule has 5 heteroatoms. The Labute approximate surface area is 163 Å². The molecule has 1 N–H and O–H groups in total. The predicted octanol–water partition coefficient (Wildman–Crippen LogP) is 4.01. The Bertz CT molecular complexity index is 1020. The van der Waals surface area contributed by atoms with Crippen molar-refractivity contribution in [3.8, 4) is 0 Å². The van der Waals surface area contributed by atoms with Crippen molar-refractivity contribution in [2.24, 2.45) is 0 Å². The number of piperidine rings is 1. The van der Waals surface area contributed by atoms with E-state index in [9.17, 15) is 14.0 Å². The van der Waals surface area contributed by atoms with Gasteiger partial charge in [-0.25, -0.2) is 4.39 Å². The Morgan fingerprint density at radius 3 is 2.43 bits per heavy atom. The van der Waals surface area contributed by atoms with Gasteiger partial charge in [-0.2, -0.15) is 0 Å². The maximum atomic E-state index is 13.4. The molecule has 1 heterocycles. The topological polar surface area (TPSA) is 49.4 Å². The highest BCUT2D eigenvalue weighted by Gasteiger charge is 2.25. The third kappa shape index (κ3) is 3.74. The van der Waals surface area contributed by atoms with E-state index in [0.29, 0.717) is 37.1 Å². The average Bonchev–Trinajstić information content (AvgIpc) is 2.73. The van der Waals surface area contributed by atoms with Crippen LogP contribution < -0.4 is 5.32 Å². The van der Waals surface area contributed by atoms with Crippen LogP contribution in [0.3, 0.4) is 0 Å². The van der Waals surface area contributed by atoms with Crippen LogP contribution in [-0.4, -0.2) is 35.8 Å². The van der Waals surface area contributed by atoms with Crippen LogP contribution >= 0.6 is 0 Å². The first-order chi connectivity index (χ1) is 13.6. The van der Waals surface area contributed by atoms with Gasteiger partial charge in [-0.3, -0.25) is 9.59 Å². The highest BCUT2D eigenvalue weighted by Crippen LogP contribution is 2.20. The number of hydrogen-bond donors (Lipinski definition) is 1. The van der Waals surface area contributed by atoms with Crippen LogP contribution in [0.2, 0.25) is 0 Å². The third-order valence-electron chi connectivity index (χ3n) is 5.22. The Kier molecular flexibility index (Phi) is 5.06. The highest BCUT2D eigenvalue weighted by atomic mass is 19.1. The second-order valence-corrected chi connectivity index (χ2v) is 7.08. The molecule has 1 aliphatic heterocycles. The van der Waals surface area contributed by atoms with Crippen LogP contribution in [0.4, 0.5) is 4.39 Å². The molecule has 1 fully saturated rings. The molecule has 142 valence electrons. The number of rotatable bonds is 3. The fourth-order valence-corrected chi connectivity index (χ4v) is 3.72. The zero-order chi connectivity index (χ0) is 19.5. The quantitative estimate of drug-likeness (QED) is 0.751. The van der Waals surface area contributed by atoms with Gasteiger partial charge >= 0.3 is 0 Å². The molecule has 0 bridgehead atoms. The van der Waals surface area contributed by atoms with Crippen molar-refractivity contribution in [1.82, 2.24) is 10.2 Å². The number of fused-ring (bicyclic) bond motifs is 1. The molecule has 3 aromatic carbocycles. The van der Waals surface area contributed by atoms with Gasteiger partial charge in [0, 0.05) is 30.3 Å². The minimum absolute atomic E-state index is 0.0167. The maximum Gasteiger partial charge on any atom is 0.253 e. The number of likely N-dealkylation sites (tertiary alicyclic amines) is 1. The number of halogens is 1. The third-order valence-corrected chi connectivity index (χ3v) is 5.22. The van der Waals surface area contributed by atoms with E-state index < -0.39 is 5.82 Å². The van der Waals surface area contributed by atoms with Crippen LogP contribution in [0.15, 0.2) is 66.7 Å². The van der Waals surface area contributed by atoms with Crippen molar-refractivity contribution < 1.29 is 14.0 Å². The van der Waals surface area contributed by atoms with Gasteiger partial charge in [0.1, 0.15) is 5.82 Å². The lowest BCUT2D eigenvalue weighted by molar-refractivity contribution is 0.0697. The molecule has 0 atom stereocenters. The van der Waals surface area contributed by atoms with Crippen molar-refractivity contribution in [3.63, 3.8) is 0 Å². The molecule has 4 nitrogen and oxygen atoms in total. The van der Waals surface area contributed by atoms with Gasteiger partial charge < -0.3 is 10.2 Å². The Morgan fingerprint density at radius 1 is 0.929 bits per heavy atom. The summed E-state index contributed by atoms with van der Waals surface area (Å²) in [6.07, 6.45) is 1.36. The molecule has 2 amide bonds. The Morgan fingerprint density at radius 2 is 1.64 bits per heavy atom. The molecule has 28 heavy (non-hydrogen) atoms. The van der Waals surface area contributed by atoms with Crippen molar-refractivity contribution in [2.75, 3.05) is 13.1 Å². The molecular weight excluding hydrogens is 355 g/mol. The largest absolute Gasteiger partial charge is 0.349 e. The Hall–Kier alpha value is -3.21. The predicted molar refractivity (Wildman–Crippen MR) is 107 cm³/mol. The van der Waals surface area contributed by atoms with E-state index >= 15 is 0 Å². The lowest BCUT2D eigenvalue weighted by Gasteiger charge is -2.32. The minimum atomic E-state index is -0.414. The van der Waals surface area contributed by atoms with E-state index in [2.05, 4.69) is 5.32 Å². The van der Waals surface area contributed by atoms with Gasteiger partial charge in [-0.15, -0.1) is 0 Å². The maximum absolute atomic E-state index is 13.4. The molecular formula is C23H21FN2O2. The summed E-state index contributed by atoms with van der Waals surface area (Å²) in [5.41, 5.74) is 1.02. The second-order valence-electron chi connectivity index (χ2n) is 7.08. The zero-order valence-electron chi connectivity index (χ0n) is 15.4. The molecule has 1 aliphatic rings. The van der Waals surface area contributed by atoms with Crippen molar-refractivity contribution in [3.05, 3.63) is 83.7 Å². The fourth-order valence-electron chi connectivity index (χ4n) is 3.72. The van der Waals surface area contributed by atoms with Gasteiger partial charge in [0.2, 0.25) is 0 Å². The first-order valence-corrected chi connectivity index (χ1v) is 9.45. The number of carbonyl (C=O) groups is 2. The smallest absolute Gasteiger partial charge is 0.253 e. The van der Waals surface area contributed by atoms with Gasteiger partial charge in [-0.05, 0) is 47.9 Å². The molecule has 0 radical (unpaired) electrons. The van der Waals surface area contributed by atoms with Crippen LogP contribution in [0, 0.1) is 5.82 Å². The number of nitrogens with zero attached hydrogens (tertiary/aromatic N) is 1. The van der Waals surface area contributed by atoms with Crippen LogP contribution in [0.5, 0.6) is 0 Å². The molecule has 4 rings (SSSR count). The summed E-state index contributed by atoms with van der Waals surface area (Å²) in [5.74, 6) is -0.673. The number of hydrogen-bond acceptors (Lipinski definition) is 2. The summed E-state index contributed by atoms with van der Waals surface area (Å²) in [7, 11) is 0. The zero-order valence-corrected chi connectivity index (χ0v) is 15.4. The van der Waals surface area contributed by atoms with Crippen molar-refractivity contribution in [1.29, 1.82) is 0 Å². The summed E-state index contributed by atoms with van der Waals surface area (Å²) in [5, 5.41) is 5.06. The van der Waals surface area contributed by atoms with Crippen LogP contribution in [-0.2, 0) is 0 Å². The molecule has 0 spiro atoms. The number of nitrogens with one attached hydrogen (secondary N) is 1. The monoisotopic (exact) mass is 376 g/mol. The van der Waals surface area contributed by atoms with E-state index in [1.54, 1.807) is 17.0 Å². The molecule has 0 aliphatic carbocycles. The molecule has 0 aromatic heterocycles. The van der Waals surface area contributed by atoms with Gasteiger partial charge in [0.15, 0.2) is 0 Å². The summed E-state index contributed by atoms with van der Waals surface area (Å²) >= 11 is 0. The lowest BCUT2D eigenvalue weighted by Crippen LogP contribution is -2.46. The van der Waals surface area contributed by atoms with E-state index in [-0.39, 0.29) is 17.9 Å². The van der Waals surface area contributed by atoms with Crippen molar-refractivity contribution in [2.45, 2.75) is 18.9 Å². The first kappa shape index (κ1) is 18.2. The summed E-state index contributed by atoms with van der Waals surface area (Å²) in [6.45, 7) is 1.08. The summed E-state index contributed by atoms with van der Waals surface area (Å²) in [4.78, 5) is 27.0.